The van der Waals surface area contributed by atoms with E-state index in [0.717, 1.165) is 68.3 Å². The largest absolute Gasteiger partial charge is 0.381 e. The lowest BCUT2D eigenvalue weighted by molar-refractivity contribution is 0.132. The number of benzene rings is 1. The summed E-state index contributed by atoms with van der Waals surface area (Å²) in [6.45, 7) is 18.3. The van der Waals surface area contributed by atoms with Gasteiger partial charge in [-0.1, -0.05) is 32.7 Å². The van der Waals surface area contributed by atoms with E-state index >= 15 is 0 Å². The molecule has 0 atom stereocenters. The Bertz CT molecular complexity index is 1140. The highest BCUT2D eigenvalue weighted by atomic mass is 19.1. The van der Waals surface area contributed by atoms with Crippen LogP contribution in [0.4, 0.5) is 21.8 Å². The van der Waals surface area contributed by atoms with Crippen molar-refractivity contribution < 1.29 is 9.13 Å². The van der Waals surface area contributed by atoms with Gasteiger partial charge in [-0.2, -0.15) is 4.98 Å². The van der Waals surface area contributed by atoms with Crippen LogP contribution in [-0.2, 0) is 11.2 Å². The normalized spacial score (nSPS) is 15.0. The summed E-state index contributed by atoms with van der Waals surface area (Å²) in [5.41, 5.74) is 4.13. The molecule has 2 aliphatic heterocycles. The maximum absolute atomic E-state index is 14.7. The standard InChI is InChI=1S/C29H36FN5O/c1-5-15-36-16-7-8-24-11-12-26(17-27(24)30)32-29-31-18-25-10-9-22(4)35(28(25)33-29)14-13-23-19-34(20-23)21(3)6-2/h6,9-12,17-18,23H,2-5,7-8,13-16,19-20H2,1H3,(H,31,32,33). The molecular weight excluding hydrogens is 453 g/mol. The van der Waals surface area contributed by atoms with E-state index in [0.29, 0.717) is 36.1 Å². The summed E-state index contributed by atoms with van der Waals surface area (Å²) in [7, 11) is 0. The van der Waals surface area contributed by atoms with E-state index in [1.165, 1.54) is 6.07 Å². The van der Waals surface area contributed by atoms with Gasteiger partial charge in [0.1, 0.15) is 11.6 Å². The molecule has 36 heavy (non-hydrogen) atoms. The second kappa shape index (κ2) is 12.0. The van der Waals surface area contributed by atoms with Crippen LogP contribution in [0.1, 0.15) is 37.3 Å². The van der Waals surface area contributed by atoms with Crippen molar-refractivity contribution >= 4 is 23.5 Å². The molecule has 6 nitrogen and oxygen atoms in total. The van der Waals surface area contributed by atoms with Gasteiger partial charge in [0.2, 0.25) is 5.95 Å². The number of nitrogens with zero attached hydrogens (tertiary/aromatic N) is 4. The van der Waals surface area contributed by atoms with Crippen molar-refractivity contribution in [3.05, 3.63) is 84.6 Å². The Hall–Kier alpha value is -3.45. The maximum atomic E-state index is 14.7. The highest BCUT2D eigenvalue weighted by Gasteiger charge is 2.28. The number of nitrogens with one attached hydrogen (secondary N) is 1. The molecule has 0 aliphatic carbocycles. The van der Waals surface area contributed by atoms with Crippen LogP contribution in [-0.4, -0.2) is 47.7 Å². The van der Waals surface area contributed by atoms with Crippen LogP contribution < -0.4 is 10.2 Å². The monoisotopic (exact) mass is 489 g/mol. The topological polar surface area (TPSA) is 53.5 Å². The Morgan fingerprint density at radius 1 is 1.28 bits per heavy atom. The number of halogens is 1. The van der Waals surface area contributed by atoms with Crippen LogP contribution in [0.15, 0.2) is 67.7 Å². The molecule has 2 aliphatic rings. The van der Waals surface area contributed by atoms with Crippen LogP contribution in [0, 0.1) is 11.7 Å². The maximum Gasteiger partial charge on any atom is 0.229 e. The van der Waals surface area contributed by atoms with Gasteiger partial charge in [0.05, 0.1) is 0 Å². The van der Waals surface area contributed by atoms with Crippen molar-refractivity contribution in [2.24, 2.45) is 5.92 Å². The van der Waals surface area contributed by atoms with E-state index in [-0.39, 0.29) is 5.82 Å². The quantitative estimate of drug-likeness (QED) is 0.272. The molecule has 0 amide bonds. The van der Waals surface area contributed by atoms with E-state index in [1.54, 1.807) is 12.3 Å². The Morgan fingerprint density at radius 3 is 2.86 bits per heavy atom. The van der Waals surface area contributed by atoms with Gasteiger partial charge in [0.25, 0.3) is 0 Å². The Labute approximate surface area is 213 Å². The van der Waals surface area contributed by atoms with Crippen molar-refractivity contribution in [1.82, 2.24) is 14.9 Å². The fourth-order valence-corrected chi connectivity index (χ4v) is 4.43. The predicted molar refractivity (Wildman–Crippen MR) is 146 cm³/mol. The van der Waals surface area contributed by atoms with E-state index < -0.39 is 0 Å². The van der Waals surface area contributed by atoms with E-state index in [9.17, 15) is 4.39 Å². The first-order valence-electron chi connectivity index (χ1n) is 12.7. The summed E-state index contributed by atoms with van der Waals surface area (Å²) in [6, 6.07) is 5.18. The van der Waals surface area contributed by atoms with Gasteiger partial charge >= 0.3 is 0 Å². The number of aromatic nitrogens is 2. The van der Waals surface area contributed by atoms with Crippen LogP contribution in [0.3, 0.4) is 0 Å². The summed E-state index contributed by atoms with van der Waals surface area (Å²) in [4.78, 5) is 13.6. The number of likely N-dealkylation sites (tertiary alicyclic amines) is 1. The molecular formula is C29H36FN5O. The summed E-state index contributed by atoms with van der Waals surface area (Å²) >= 11 is 0. The molecule has 0 radical (unpaired) electrons. The minimum absolute atomic E-state index is 0.236. The highest BCUT2D eigenvalue weighted by molar-refractivity contribution is 5.74. The summed E-state index contributed by atoms with van der Waals surface area (Å²) in [6.07, 6.45) is 11.0. The predicted octanol–water partition coefficient (Wildman–Crippen LogP) is 6.09. The molecule has 2 aromatic rings. The van der Waals surface area contributed by atoms with Crippen molar-refractivity contribution in [2.75, 3.05) is 43.1 Å². The molecule has 4 rings (SSSR count). The third-order valence-corrected chi connectivity index (χ3v) is 6.61. The zero-order valence-electron chi connectivity index (χ0n) is 21.2. The van der Waals surface area contributed by atoms with Crippen LogP contribution in [0.25, 0.3) is 6.08 Å². The molecule has 1 aromatic heterocycles. The Kier molecular flexibility index (Phi) is 8.54. The lowest BCUT2D eigenvalue weighted by atomic mass is 9.95. The van der Waals surface area contributed by atoms with Crippen LogP contribution in [0.5, 0.6) is 0 Å². The SMILES string of the molecule is C=CC(=C)N1CC(CCN2C(=C)C=Cc3cnc(Nc4ccc(CCCOCCC)c(F)c4)nc32)C1. The van der Waals surface area contributed by atoms with Gasteiger partial charge in [-0.3, -0.25) is 0 Å². The van der Waals surface area contributed by atoms with E-state index in [1.807, 2.05) is 24.3 Å². The Balaban J connectivity index is 1.37. The lowest BCUT2D eigenvalue weighted by Crippen LogP contribution is -2.46. The van der Waals surface area contributed by atoms with Gasteiger partial charge in [0.15, 0.2) is 0 Å². The molecule has 0 bridgehead atoms. The minimum Gasteiger partial charge on any atom is -0.381 e. The van der Waals surface area contributed by atoms with Crippen LogP contribution in [0.2, 0.25) is 0 Å². The molecule has 3 heterocycles. The van der Waals surface area contributed by atoms with Gasteiger partial charge in [-0.15, -0.1) is 0 Å². The molecule has 7 heteroatoms. The van der Waals surface area contributed by atoms with Gasteiger partial charge < -0.3 is 19.9 Å². The van der Waals surface area contributed by atoms with Crippen molar-refractivity contribution in [3.63, 3.8) is 0 Å². The highest BCUT2D eigenvalue weighted by Crippen LogP contribution is 2.31. The molecule has 0 unspecified atom stereocenters. The number of fused-ring (bicyclic) bond motifs is 1. The molecule has 1 N–H and O–H groups in total. The fourth-order valence-electron chi connectivity index (χ4n) is 4.43. The average Bonchev–Trinajstić information content (AvgIpc) is 2.85. The number of hydrogen-bond donors (Lipinski definition) is 1. The summed E-state index contributed by atoms with van der Waals surface area (Å²) < 4.78 is 20.2. The molecule has 0 saturated carbocycles. The van der Waals surface area contributed by atoms with Gasteiger partial charge in [-0.05, 0) is 67.5 Å². The first-order chi connectivity index (χ1) is 17.5. The Morgan fingerprint density at radius 2 is 2.11 bits per heavy atom. The van der Waals surface area contributed by atoms with E-state index in [4.69, 9.17) is 9.72 Å². The number of rotatable bonds is 13. The van der Waals surface area contributed by atoms with Gasteiger partial charge in [0, 0.05) is 61.7 Å². The lowest BCUT2D eigenvalue weighted by Gasteiger charge is -2.42. The molecule has 190 valence electrons. The third kappa shape index (κ3) is 6.21. The number of hydrogen-bond acceptors (Lipinski definition) is 6. The second-order valence-corrected chi connectivity index (χ2v) is 9.35. The zero-order chi connectivity index (χ0) is 25.5. The average molecular weight is 490 g/mol. The smallest absolute Gasteiger partial charge is 0.229 e. The fraction of sp³-hybridized carbons (Fsp3) is 0.379. The van der Waals surface area contributed by atoms with Crippen LogP contribution >= 0.6 is 0 Å². The molecule has 1 fully saturated rings. The van der Waals surface area contributed by atoms with Crippen molar-refractivity contribution in [1.29, 1.82) is 0 Å². The summed E-state index contributed by atoms with van der Waals surface area (Å²) in [5, 5.41) is 3.16. The first-order valence-corrected chi connectivity index (χ1v) is 12.7. The minimum atomic E-state index is -0.236. The number of ether oxygens (including phenoxy) is 1. The molecule has 1 saturated heterocycles. The zero-order valence-corrected chi connectivity index (χ0v) is 21.2. The van der Waals surface area contributed by atoms with Crippen molar-refractivity contribution in [2.45, 2.75) is 32.6 Å². The van der Waals surface area contributed by atoms with E-state index in [2.05, 4.69) is 46.8 Å². The molecule has 0 spiro atoms. The van der Waals surface area contributed by atoms with Crippen molar-refractivity contribution in [3.8, 4) is 0 Å². The molecule has 1 aromatic carbocycles. The first kappa shape index (κ1) is 25.6. The summed E-state index contributed by atoms with van der Waals surface area (Å²) in [5.74, 6) is 1.61. The number of anilines is 3. The number of allylic oxidation sites excluding steroid dienone is 2. The van der Waals surface area contributed by atoms with Gasteiger partial charge in [-0.25, -0.2) is 9.37 Å². The number of aryl methyl sites for hydroxylation is 1. The second-order valence-electron chi connectivity index (χ2n) is 9.35. The third-order valence-electron chi connectivity index (χ3n) is 6.61.